The average molecular weight is 314 g/mol. The van der Waals surface area contributed by atoms with Crippen LogP contribution in [0.3, 0.4) is 0 Å². The molecule has 0 atom stereocenters. The van der Waals surface area contributed by atoms with E-state index in [9.17, 15) is 4.79 Å². The maximum atomic E-state index is 11.8. The van der Waals surface area contributed by atoms with Crippen LogP contribution in [0.1, 0.15) is 33.1 Å². The maximum absolute atomic E-state index is 11.8. The third-order valence-electron chi connectivity index (χ3n) is 3.19. The predicted molar refractivity (Wildman–Crippen MR) is 91.6 cm³/mol. The Kier molecular flexibility index (Phi) is 6.30. The van der Waals surface area contributed by atoms with E-state index < -0.39 is 0 Å². The lowest BCUT2D eigenvalue weighted by molar-refractivity contribution is 0.252. The molecule has 0 spiro atoms. The van der Waals surface area contributed by atoms with Crippen LogP contribution in [0.2, 0.25) is 0 Å². The smallest absolute Gasteiger partial charge is 0.320 e. The highest BCUT2D eigenvalue weighted by Gasteiger charge is 2.09. The summed E-state index contributed by atoms with van der Waals surface area (Å²) in [6.07, 6.45) is 2.81. The van der Waals surface area contributed by atoms with Gasteiger partial charge in [-0.2, -0.15) is 5.10 Å². The molecule has 122 valence electrons. The molecule has 0 aliphatic carbocycles. The fourth-order valence-corrected chi connectivity index (χ4v) is 2.01. The highest BCUT2D eigenvalue weighted by molar-refractivity contribution is 5.99. The summed E-state index contributed by atoms with van der Waals surface area (Å²) in [6.45, 7) is 5.09. The van der Waals surface area contributed by atoms with Gasteiger partial charge in [0.2, 0.25) is 0 Å². The molecular weight excluding hydrogens is 292 g/mol. The first-order chi connectivity index (χ1) is 11.2. The molecule has 2 aromatic rings. The largest absolute Gasteiger partial charge is 0.481 e. The number of anilines is 1. The molecule has 0 fully saturated rings. The van der Waals surface area contributed by atoms with Crippen molar-refractivity contribution >= 4 is 22.8 Å². The van der Waals surface area contributed by atoms with Crippen LogP contribution in [-0.4, -0.2) is 29.4 Å². The molecule has 1 aromatic heterocycles. The van der Waals surface area contributed by atoms with Crippen molar-refractivity contribution in [1.29, 1.82) is 0 Å². The number of nitrogens with zero attached hydrogens (tertiary/aromatic N) is 1. The summed E-state index contributed by atoms with van der Waals surface area (Å²) in [4.78, 5) is 11.8. The molecule has 2 rings (SSSR count). The van der Waals surface area contributed by atoms with Crippen molar-refractivity contribution < 1.29 is 9.53 Å². The predicted octanol–water partition coefficient (Wildman–Crippen LogP) is 3.28. The molecule has 6 nitrogen and oxygen atoms in total. The van der Waals surface area contributed by atoms with Gasteiger partial charge in [-0.15, -0.1) is 5.92 Å². The number of carbonyl (C=O) groups excluding carboxylic acids is 1. The fraction of sp³-hybridized carbons (Fsp3) is 0.412. The highest BCUT2D eigenvalue weighted by atomic mass is 16.5. The first-order valence-electron chi connectivity index (χ1n) is 7.86. The van der Waals surface area contributed by atoms with Gasteiger partial charge in [0.15, 0.2) is 5.82 Å². The van der Waals surface area contributed by atoms with E-state index in [0.29, 0.717) is 24.7 Å². The molecule has 0 saturated heterocycles. The van der Waals surface area contributed by atoms with Crippen molar-refractivity contribution in [3.8, 4) is 17.6 Å². The van der Waals surface area contributed by atoms with E-state index in [1.54, 1.807) is 0 Å². The number of hydrogen-bond donors (Lipinski definition) is 3. The van der Waals surface area contributed by atoms with Crippen molar-refractivity contribution in [2.45, 2.75) is 33.1 Å². The molecule has 0 unspecified atom stereocenters. The Hall–Kier alpha value is -2.68. The Bertz CT molecular complexity index is 712. The molecule has 2 amide bonds. The lowest BCUT2D eigenvalue weighted by atomic mass is 10.2. The molecule has 0 aliphatic rings. The number of benzene rings is 1. The Balaban J connectivity index is 1.99. The zero-order chi connectivity index (χ0) is 16.5. The standard InChI is InChI=1S/C17H22N4O2/c1-3-5-7-11-23-13-8-9-14-15(12-13)20-21-16(14)19-17(22)18-10-6-4-2/h8-9,12H,3-4,6,10-11H2,1-2H3,(H3,18,19,20,21,22). The van der Waals surface area contributed by atoms with Gasteiger partial charge in [0, 0.05) is 24.4 Å². The van der Waals surface area contributed by atoms with Crippen molar-refractivity contribution in [1.82, 2.24) is 15.5 Å². The summed E-state index contributed by atoms with van der Waals surface area (Å²) in [5, 5.41) is 13.4. The molecule has 3 N–H and O–H groups in total. The first kappa shape index (κ1) is 16.7. The number of fused-ring (bicyclic) bond motifs is 1. The summed E-state index contributed by atoms with van der Waals surface area (Å²) >= 11 is 0. The fourth-order valence-electron chi connectivity index (χ4n) is 2.01. The zero-order valence-electron chi connectivity index (χ0n) is 13.5. The molecule has 0 bridgehead atoms. The quantitative estimate of drug-likeness (QED) is 0.565. The number of ether oxygens (including phenoxy) is 1. The number of nitrogens with one attached hydrogen (secondary N) is 3. The second-order valence-electron chi connectivity index (χ2n) is 5.01. The minimum atomic E-state index is -0.248. The van der Waals surface area contributed by atoms with E-state index >= 15 is 0 Å². The summed E-state index contributed by atoms with van der Waals surface area (Å²) < 4.78 is 5.55. The van der Waals surface area contributed by atoms with E-state index in [1.165, 1.54) is 0 Å². The second-order valence-corrected chi connectivity index (χ2v) is 5.01. The Labute approximate surface area is 136 Å². The van der Waals surface area contributed by atoms with E-state index in [-0.39, 0.29) is 6.03 Å². The minimum Gasteiger partial charge on any atom is -0.481 e. The molecule has 6 heteroatoms. The normalized spacial score (nSPS) is 10.0. The highest BCUT2D eigenvalue weighted by Crippen LogP contribution is 2.24. The van der Waals surface area contributed by atoms with E-state index in [0.717, 1.165) is 30.2 Å². The van der Waals surface area contributed by atoms with Crippen LogP contribution in [0.25, 0.3) is 10.9 Å². The first-order valence-corrected chi connectivity index (χ1v) is 7.86. The number of aromatic nitrogens is 2. The molecule has 0 aliphatic heterocycles. The summed E-state index contributed by atoms with van der Waals surface area (Å²) in [6, 6.07) is 5.30. The van der Waals surface area contributed by atoms with Crippen LogP contribution in [-0.2, 0) is 0 Å². The Morgan fingerprint density at radius 2 is 2.22 bits per heavy atom. The zero-order valence-corrected chi connectivity index (χ0v) is 13.5. The molecule has 23 heavy (non-hydrogen) atoms. The van der Waals surface area contributed by atoms with Crippen LogP contribution < -0.4 is 15.4 Å². The molecule has 1 heterocycles. The van der Waals surface area contributed by atoms with Crippen LogP contribution in [0.15, 0.2) is 18.2 Å². The van der Waals surface area contributed by atoms with Gasteiger partial charge >= 0.3 is 6.03 Å². The molecule has 0 radical (unpaired) electrons. The van der Waals surface area contributed by atoms with Crippen LogP contribution in [0.4, 0.5) is 10.6 Å². The van der Waals surface area contributed by atoms with E-state index in [1.807, 2.05) is 25.1 Å². The van der Waals surface area contributed by atoms with Crippen molar-refractivity contribution in [2.24, 2.45) is 0 Å². The third-order valence-corrected chi connectivity index (χ3v) is 3.19. The van der Waals surface area contributed by atoms with Crippen molar-refractivity contribution in [3.05, 3.63) is 18.2 Å². The number of urea groups is 1. The number of carbonyl (C=O) groups is 1. The number of rotatable bonds is 6. The van der Waals surface area contributed by atoms with Gasteiger partial charge in [-0.25, -0.2) is 4.79 Å². The maximum Gasteiger partial charge on any atom is 0.320 e. The third kappa shape index (κ3) is 4.92. The molecule has 1 aromatic carbocycles. The summed E-state index contributed by atoms with van der Waals surface area (Å²) in [7, 11) is 0. The van der Waals surface area contributed by atoms with E-state index in [4.69, 9.17) is 4.74 Å². The lowest BCUT2D eigenvalue weighted by Gasteiger charge is -2.05. The van der Waals surface area contributed by atoms with Gasteiger partial charge in [-0.3, -0.25) is 10.4 Å². The monoisotopic (exact) mass is 314 g/mol. The Morgan fingerprint density at radius 1 is 1.35 bits per heavy atom. The number of hydrogen-bond acceptors (Lipinski definition) is 3. The molecule has 0 saturated carbocycles. The van der Waals surface area contributed by atoms with Gasteiger partial charge in [-0.05, 0) is 18.6 Å². The van der Waals surface area contributed by atoms with Gasteiger partial charge < -0.3 is 10.1 Å². The average Bonchev–Trinajstić information content (AvgIpc) is 2.94. The van der Waals surface area contributed by atoms with Gasteiger partial charge in [0.1, 0.15) is 12.4 Å². The topological polar surface area (TPSA) is 79.0 Å². The number of unbranched alkanes of at least 4 members (excludes halogenated alkanes) is 1. The van der Waals surface area contributed by atoms with Gasteiger partial charge in [0.05, 0.1) is 5.52 Å². The summed E-state index contributed by atoms with van der Waals surface area (Å²) in [5.74, 6) is 7.10. The number of H-pyrrole nitrogens is 1. The minimum absolute atomic E-state index is 0.248. The second kappa shape index (κ2) is 8.69. The summed E-state index contributed by atoms with van der Waals surface area (Å²) in [5.41, 5.74) is 0.801. The van der Waals surface area contributed by atoms with Gasteiger partial charge in [-0.1, -0.05) is 26.2 Å². The number of amides is 2. The SMILES string of the molecule is CCC#CCOc1ccc2c(NC(=O)NCCCC)n[nH]c2c1. The van der Waals surface area contributed by atoms with E-state index in [2.05, 4.69) is 39.6 Å². The van der Waals surface area contributed by atoms with Crippen LogP contribution in [0, 0.1) is 11.8 Å². The van der Waals surface area contributed by atoms with Crippen LogP contribution >= 0.6 is 0 Å². The number of aromatic amines is 1. The van der Waals surface area contributed by atoms with Crippen LogP contribution in [0.5, 0.6) is 5.75 Å². The van der Waals surface area contributed by atoms with Gasteiger partial charge in [0.25, 0.3) is 0 Å². The lowest BCUT2D eigenvalue weighted by Crippen LogP contribution is -2.29. The Morgan fingerprint density at radius 3 is 3.00 bits per heavy atom. The molecular formula is C17H22N4O2. The van der Waals surface area contributed by atoms with Crippen molar-refractivity contribution in [3.63, 3.8) is 0 Å². The van der Waals surface area contributed by atoms with Crippen molar-refractivity contribution in [2.75, 3.05) is 18.5 Å².